The summed E-state index contributed by atoms with van der Waals surface area (Å²) in [5.74, 6) is 0.0254. The Kier molecular flexibility index (Phi) is 4.46. The number of fused-ring (bicyclic) bond motifs is 1. The number of aromatic nitrogens is 1. The molecule has 3 aromatic rings. The third-order valence-electron chi connectivity index (χ3n) is 3.30. The molecule has 0 atom stereocenters. The van der Waals surface area contributed by atoms with Crippen LogP contribution in [0, 0.1) is 0 Å². The lowest BCUT2D eigenvalue weighted by Crippen LogP contribution is -2.03. The number of hydrogen-bond donors (Lipinski definition) is 1. The van der Waals surface area contributed by atoms with Crippen LogP contribution in [0.15, 0.2) is 45.6 Å². The second-order valence-corrected chi connectivity index (χ2v) is 5.68. The molecule has 0 bridgehead atoms. The van der Waals surface area contributed by atoms with Crippen LogP contribution in [0.4, 0.5) is 0 Å². The topological polar surface area (TPSA) is 72.6 Å². The lowest BCUT2D eigenvalue weighted by Gasteiger charge is -2.07. The summed E-state index contributed by atoms with van der Waals surface area (Å²) in [7, 11) is 1.41. The minimum atomic E-state index is -0.525. The first-order valence-electron chi connectivity index (χ1n) is 6.83. The van der Waals surface area contributed by atoms with E-state index in [1.54, 1.807) is 30.3 Å². The first-order chi connectivity index (χ1) is 11.5. The number of nitrogens with zero attached hydrogens (tertiary/aromatic N) is 1. The van der Waals surface area contributed by atoms with Gasteiger partial charge >= 0.3 is 5.63 Å². The fraction of sp³-hybridized carbons (Fsp3) is 0.0588. The van der Waals surface area contributed by atoms with Crippen molar-refractivity contribution in [3.05, 3.63) is 63.3 Å². The summed E-state index contributed by atoms with van der Waals surface area (Å²) in [5, 5.41) is 10.3. The Labute approximate surface area is 146 Å². The molecule has 2 aromatic carbocycles. The van der Waals surface area contributed by atoms with Gasteiger partial charge in [0.05, 0.1) is 23.0 Å². The number of methoxy groups -OCH3 is 1. The van der Waals surface area contributed by atoms with Crippen LogP contribution in [-0.2, 0) is 0 Å². The van der Waals surface area contributed by atoms with Crippen LogP contribution in [0.5, 0.6) is 11.5 Å². The van der Waals surface area contributed by atoms with Gasteiger partial charge in [-0.3, -0.25) is 0 Å². The van der Waals surface area contributed by atoms with Crippen molar-refractivity contribution in [3.8, 4) is 11.5 Å². The maximum Gasteiger partial charge on any atom is 0.347 e. The summed E-state index contributed by atoms with van der Waals surface area (Å²) in [6.07, 6.45) is 1.51. The molecule has 5 nitrogen and oxygen atoms in total. The van der Waals surface area contributed by atoms with Gasteiger partial charge in [-0.2, -0.15) is 0 Å². The van der Waals surface area contributed by atoms with Crippen molar-refractivity contribution in [2.45, 2.75) is 0 Å². The fourth-order valence-corrected chi connectivity index (χ4v) is 2.59. The maximum atomic E-state index is 12.0. The highest BCUT2D eigenvalue weighted by Gasteiger charge is 2.12. The van der Waals surface area contributed by atoms with Crippen LogP contribution in [-0.4, -0.2) is 17.2 Å². The molecule has 0 radical (unpaired) electrons. The Balaban J connectivity index is 2.09. The molecular weight excluding hydrogens is 353 g/mol. The SMILES string of the molecule is COc1cc(/C=C(\Cl)c2nc3ccccc3c(=O)o2)cc(Cl)c1O. The molecule has 0 unspecified atom stereocenters. The predicted molar refractivity (Wildman–Crippen MR) is 93.7 cm³/mol. The smallest absolute Gasteiger partial charge is 0.347 e. The van der Waals surface area contributed by atoms with Gasteiger partial charge in [0.2, 0.25) is 5.89 Å². The van der Waals surface area contributed by atoms with Crippen molar-refractivity contribution in [3.63, 3.8) is 0 Å². The van der Waals surface area contributed by atoms with Crippen LogP contribution in [0.2, 0.25) is 5.02 Å². The molecule has 0 aliphatic carbocycles. The molecular formula is C17H11Cl2NO4. The summed E-state index contributed by atoms with van der Waals surface area (Å²) in [6, 6.07) is 9.85. The number of rotatable bonds is 3. The van der Waals surface area contributed by atoms with E-state index in [1.165, 1.54) is 19.3 Å². The van der Waals surface area contributed by atoms with Crippen molar-refractivity contribution >= 4 is 45.2 Å². The molecule has 0 aliphatic heterocycles. The number of aromatic hydroxyl groups is 1. The number of hydrogen-bond acceptors (Lipinski definition) is 5. The Morgan fingerprint density at radius 3 is 2.83 bits per heavy atom. The van der Waals surface area contributed by atoms with Gasteiger partial charge < -0.3 is 14.3 Å². The number of ether oxygens (including phenoxy) is 1. The van der Waals surface area contributed by atoms with E-state index in [-0.39, 0.29) is 27.4 Å². The number of phenols is 1. The second-order valence-electron chi connectivity index (χ2n) is 4.87. The Morgan fingerprint density at radius 1 is 1.33 bits per heavy atom. The van der Waals surface area contributed by atoms with E-state index in [4.69, 9.17) is 32.4 Å². The molecule has 0 saturated carbocycles. The zero-order chi connectivity index (χ0) is 17.3. The standard InChI is InChI=1S/C17H11Cl2NO4/c1-23-14-8-9(6-11(18)15(14)21)7-12(19)16-20-13-5-3-2-4-10(13)17(22)24-16/h2-8,21H,1H3/b12-7-. The van der Waals surface area contributed by atoms with Gasteiger partial charge in [-0.1, -0.05) is 35.3 Å². The average Bonchev–Trinajstić information content (AvgIpc) is 2.57. The highest BCUT2D eigenvalue weighted by molar-refractivity contribution is 6.50. The molecule has 1 aromatic heterocycles. The lowest BCUT2D eigenvalue weighted by molar-refractivity contribution is 0.373. The van der Waals surface area contributed by atoms with Crippen molar-refractivity contribution in [2.75, 3.05) is 7.11 Å². The van der Waals surface area contributed by atoms with Gasteiger partial charge in [0.15, 0.2) is 11.5 Å². The molecule has 0 saturated heterocycles. The minimum absolute atomic E-state index is 0.0106. The van der Waals surface area contributed by atoms with Crippen LogP contribution >= 0.6 is 23.2 Å². The average molecular weight is 364 g/mol. The number of benzene rings is 2. The molecule has 0 spiro atoms. The Bertz CT molecular complexity index is 1010. The van der Waals surface area contributed by atoms with E-state index < -0.39 is 5.63 Å². The van der Waals surface area contributed by atoms with E-state index in [0.717, 1.165) is 0 Å². The summed E-state index contributed by atoms with van der Waals surface area (Å²) < 4.78 is 10.2. The van der Waals surface area contributed by atoms with Gasteiger partial charge in [-0.15, -0.1) is 0 Å². The van der Waals surface area contributed by atoms with E-state index >= 15 is 0 Å². The normalized spacial score (nSPS) is 11.7. The molecule has 7 heteroatoms. The third kappa shape index (κ3) is 3.09. The Hall–Kier alpha value is -2.50. The van der Waals surface area contributed by atoms with Gasteiger partial charge in [-0.25, -0.2) is 9.78 Å². The van der Waals surface area contributed by atoms with Gasteiger partial charge in [-0.05, 0) is 35.9 Å². The number of halogens is 2. The first-order valence-corrected chi connectivity index (χ1v) is 7.59. The lowest BCUT2D eigenvalue weighted by atomic mass is 10.2. The first kappa shape index (κ1) is 16.4. The summed E-state index contributed by atoms with van der Waals surface area (Å²) in [5.41, 5.74) is 0.511. The molecule has 1 N–H and O–H groups in total. The second kappa shape index (κ2) is 6.55. The van der Waals surface area contributed by atoms with E-state index in [1.807, 2.05) is 0 Å². The molecule has 0 amide bonds. The highest BCUT2D eigenvalue weighted by Crippen LogP contribution is 2.36. The molecule has 0 aliphatic rings. The van der Waals surface area contributed by atoms with Crippen LogP contribution < -0.4 is 10.4 Å². The fourth-order valence-electron chi connectivity index (χ4n) is 2.16. The largest absolute Gasteiger partial charge is 0.503 e. The third-order valence-corrected chi connectivity index (χ3v) is 3.86. The van der Waals surface area contributed by atoms with Crippen molar-refractivity contribution in [1.29, 1.82) is 0 Å². The molecule has 1 heterocycles. The summed E-state index contributed by atoms with van der Waals surface area (Å²) in [6.45, 7) is 0. The van der Waals surface area contributed by atoms with Crippen molar-refractivity contribution in [1.82, 2.24) is 4.98 Å². The van der Waals surface area contributed by atoms with Crippen molar-refractivity contribution in [2.24, 2.45) is 0 Å². The summed E-state index contributed by atoms with van der Waals surface area (Å²) in [4.78, 5) is 16.2. The maximum absolute atomic E-state index is 12.0. The number of phenolic OH excluding ortho intramolecular Hbond substituents is 1. The van der Waals surface area contributed by atoms with Gasteiger partial charge in [0.1, 0.15) is 5.03 Å². The molecule has 24 heavy (non-hydrogen) atoms. The van der Waals surface area contributed by atoms with Gasteiger partial charge in [0, 0.05) is 0 Å². The van der Waals surface area contributed by atoms with E-state index in [2.05, 4.69) is 4.98 Å². The van der Waals surface area contributed by atoms with Gasteiger partial charge in [0.25, 0.3) is 0 Å². The van der Waals surface area contributed by atoms with Crippen molar-refractivity contribution < 1.29 is 14.3 Å². The zero-order valence-corrected chi connectivity index (χ0v) is 13.9. The van der Waals surface area contributed by atoms with Crippen LogP contribution in [0.25, 0.3) is 22.0 Å². The molecule has 3 rings (SSSR count). The van der Waals surface area contributed by atoms with E-state index in [0.29, 0.717) is 16.5 Å². The monoisotopic (exact) mass is 363 g/mol. The minimum Gasteiger partial charge on any atom is -0.503 e. The quantitative estimate of drug-likeness (QED) is 0.751. The molecule has 122 valence electrons. The number of para-hydroxylation sites is 1. The predicted octanol–water partition coefficient (Wildman–Crippen LogP) is 4.29. The highest BCUT2D eigenvalue weighted by atomic mass is 35.5. The zero-order valence-electron chi connectivity index (χ0n) is 12.4. The summed E-state index contributed by atoms with van der Waals surface area (Å²) >= 11 is 12.2. The molecule has 0 fully saturated rings. The van der Waals surface area contributed by atoms with Crippen LogP contribution in [0.3, 0.4) is 0 Å². The van der Waals surface area contributed by atoms with Crippen LogP contribution in [0.1, 0.15) is 11.5 Å². The Morgan fingerprint density at radius 2 is 2.08 bits per heavy atom. The van der Waals surface area contributed by atoms with E-state index in [9.17, 15) is 9.90 Å².